The molecule has 0 bridgehead atoms. The van der Waals surface area contributed by atoms with E-state index in [2.05, 4.69) is 11.5 Å². The Morgan fingerprint density at radius 3 is 2.55 bits per heavy atom. The van der Waals surface area contributed by atoms with Crippen molar-refractivity contribution in [2.24, 2.45) is 0 Å². The van der Waals surface area contributed by atoms with Gasteiger partial charge in [0.15, 0.2) is 0 Å². The highest BCUT2D eigenvalue weighted by Gasteiger charge is 2.09. The molecular formula is C10H19N. The highest BCUT2D eigenvalue weighted by Crippen LogP contribution is 2.08. The van der Waals surface area contributed by atoms with Crippen molar-refractivity contribution in [2.75, 3.05) is 19.6 Å². The van der Waals surface area contributed by atoms with Crippen molar-refractivity contribution >= 4 is 0 Å². The third kappa shape index (κ3) is 3.57. The molecule has 64 valence electrons. The number of hydrogen-bond donors (Lipinski definition) is 0. The van der Waals surface area contributed by atoms with E-state index in [-0.39, 0.29) is 0 Å². The molecule has 0 saturated carbocycles. The van der Waals surface area contributed by atoms with E-state index in [1.165, 1.54) is 51.7 Å². The molecule has 1 saturated heterocycles. The fraction of sp³-hybridized carbons (Fsp3) is 0.800. The normalized spacial score (nSPS) is 18.9. The van der Waals surface area contributed by atoms with Crippen LogP contribution in [0.25, 0.3) is 0 Å². The number of unbranched alkanes of at least 4 members (excludes halogenated alkanes) is 2. The summed E-state index contributed by atoms with van der Waals surface area (Å²) in [7, 11) is 0. The number of hydrogen-bond acceptors (Lipinski definition) is 1. The molecule has 0 radical (unpaired) electrons. The predicted molar refractivity (Wildman–Crippen MR) is 49.7 cm³/mol. The summed E-state index contributed by atoms with van der Waals surface area (Å²) >= 11 is 0. The van der Waals surface area contributed by atoms with Gasteiger partial charge in [-0.2, -0.15) is 0 Å². The molecule has 1 fully saturated rings. The highest BCUT2D eigenvalue weighted by molar-refractivity contribution is 4.68. The molecule has 0 aromatic rings. The number of likely N-dealkylation sites (tertiary alicyclic amines) is 1. The summed E-state index contributed by atoms with van der Waals surface area (Å²) in [6.07, 6.45) is 8.72. The van der Waals surface area contributed by atoms with Gasteiger partial charge in [0.05, 0.1) is 0 Å². The average molecular weight is 153 g/mol. The van der Waals surface area contributed by atoms with Crippen LogP contribution in [0.5, 0.6) is 0 Å². The van der Waals surface area contributed by atoms with Gasteiger partial charge < -0.3 is 4.90 Å². The van der Waals surface area contributed by atoms with Crippen molar-refractivity contribution in [2.45, 2.75) is 32.1 Å². The minimum atomic E-state index is 1.19. The zero-order valence-electron chi connectivity index (χ0n) is 7.39. The summed E-state index contributed by atoms with van der Waals surface area (Å²) < 4.78 is 0. The first-order chi connectivity index (χ1) is 5.43. The van der Waals surface area contributed by atoms with Crippen LogP contribution < -0.4 is 0 Å². The van der Waals surface area contributed by atoms with Gasteiger partial charge in [0.2, 0.25) is 0 Å². The molecule has 1 aliphatic rings. The van der Waals surface area contributed by atoms with Crippen LogP contribution >= 0.6 is 0 Å². The Labute approximate surface area is 70.1 Å². The molecule has 0 N–H and O–H groups in total. The summed E-state index contributed by atoms with van der Waals surface area (Å²) in [4.78, 5) is 2.57. The first-order valence-corrected chi connectivity index (χ1v) is 4.77. The van der Waals surface area contributed by atoms with E-state index >= 15 is 0 Å². The van der Waals surface area contributed by atoms with Crippen molar-refractivity contribution in [3.63, 3.8) is 0 Å². The van der Waals surface area contributed by atoms with Crippen molar-refractivity contribution in [3.8, 4) is 0 Å². The monoisotopic (exact) mass is 153 g/mol. The smallest absolute Gasteiger partial charge is 0.00183 e. The first kappa shape index (κ1) is 8.79. The fourth-order valence-electron chi connectivity index (χ4n) is 1.63. The fourth-order valence-corrected chi connectivity index (χ4v) is 1.63. The van der Waals surface area contributed by atoms with E-state index in [0.717, 1.165) is 0 Å². The molecule has 0 atom stereocenters. The molecule has 1 nitrogen and oxygen atoms in total. The Balaban J connectivity index is 1.89. The van der Waals surface area contributed by atoms with Crippen LogP contribution in [0.15, 0.2) is 12.7 Å². The third-order valence-electron chi connectivity index (χ3n) is 2.33. The minimum absolute atomic E-state index is 1.19. The summed E-state index contributed by atoms with van der Waals surface area (Å²) in [6, 6.07) is 0. The molecule has 0 aromatic carbocycles. The molecule has 0 unspecified atom stereocenters. The molecule has 1 heteroatoms. The zero-order chi connectivity index (χ0) is 7.94. The van der Waals surface area contributed by atoms with Gasteiger partial charge in [-0.15, -0.1) is 6.58 Å². The largest absolute Gasteiger partial charge is 0.303 e. The topological polar surface area (TPSA) is 3.24 Å². The Morgan fingerprint density at radius 2 is 1.91 bits per heavy atom. The van der Waals surface area contributed by atoms with Crippen LogP contribution in [-0.4, -0.2) is 24.5 Å². The van der Waals surface area contributed by atoms with Crippen molar-refractivity contribution < 1.29 is 0 Å². The van der Waals surface area contributed by atoms with Crippen LogP contribution in [0.1, 0.15) is 32.1 Å². The molecule has 1 aliphatic heterocycles. The number of allylic oxidation sites excluding steroid dienone is 1. The molecule has 0 aliphatic carbocycles. The summed E-state index contributed by atoms with van der Waals surface area (Å²) in [5, 5.41) is 0. The summed E-state index contributed by atoms with van der Waals surface area (Å²) in [6.45, 7) is 7.71. The van der Waals surface area contributed by atoms with Crippen LogP contribution in [-0.2, 0) is 0 Å². The van der Waals surface area contributed by atoms with E-state index in [9.17, 15) is 0 Å². The quantitative estimate of drug-likeness (QED) is 0.433. The Bertz CT molecular complexity index is 103. The molecular weight excluding hydrogens is 134 g/mol. The summed E-state index contributed by atoms with van der Waals surface area (Å²) in [5.74, 6) is 0. The second-order valence-electron chi connectivity index (χ2n) is 3.33. The minimum Gasteiger partial charge on any atom is -0.303 e. The number of rotatable bonds is 5. The molecule has 0 spiro atoms. The van der Waals surface area contributed by atoms with E-state index in [0.29, 0.717) is 0 Å². The van der Waals surface area contributed by atoms with Gasteiger partial charge in [0.1, 0.15) is 0 Å². The maximum atomic E-state index is 3.72. The molecule has 1 heterocycles. The van der Waals surface area contributed by atoms with Gasteiger partial charge in [0.25, 0.3) is 0 Å². The molecule has 1 rings (SSSR count). The second-order valence-corrected chi connectivity index (χ2v) is 3.33. The van der Waals surface area contributed by atoms with E-state index in [4.69, 9.17) is 0 Å². The Kier molecular flexibility index (Phi) is 4.29. The summed E-state index contributed by atoms with van der Waals surface area (Å²) in [5.41, 5.74) is 0. The second kappa shape index (κ2) is 5.36. The number of nitrogens with zero attached hydrogens (tertiary/aromatic N) is 1. The Morgan fingerprint density at radius 1 is 1.18 bits per heavy atom. The van der Waals surface area contributed by atoms with Crippen molar-refractivity contribution in [3.05, 3.63) is 12.7 Å². The third-order valence-corrected chi connectivity index (χ3v) is 2.33. The van der Waals surface area contributed by atoms with Crippen LogP contribution in [0.3, 0.4) is 0 Å². The van der Waals surface area contributed by atoms with Crippen LogP contribution in [0, 0.1) is 0 Å². The van der Waals surface area contributed by atoms with Gasteiger partial charge in [0, 0.05) is 0 Å². The lowest BCUT2D eigenvalue weighted by molar-refractivity contribution is 0.330. The van der Waals surface area contributed by atoms with Gasteiger partial charge >= 0.3 is 0 Å². The van der Waals surface area contributed by atoms with E-state index < -0.39 is 0 Å². The van der Waals surface area contributed by atoms with Gasteiger partial charge in [-0.25, -0.2) is 0 Å². The lowest BCUT2D eigenvalue weighted by Crippen LogP contribution is -2.20. The van der Waals surface area contributed by atoms with Gasteiger partial charge in [-0.1, -0.05) is 6.08 Å². The maximum absolute atomic E-state index is 3.72. The van der Waals surface area contributed by atoms with Crippen LogP contribution in [0.2, 0.25) is 0 Å². The molecule has 11 heavy (non-hydrogen) atoms. The standard InChI is InChI=1S/C10H19N/c1-2-3-4-5-8-11-9-6-7-10-11/h2H,1,3-10H2. The molecule has 0 amide bonds. The van der Waals surface area contributed by atoms with E-state index in [1.54, 1.807) is 0 Å². The molecule has 0 aromatic heterocycles. The maximum Gasteiger partial charge on any atom is -0.00183 e. The zero-order valence-corrected chi connectivity index (χ0v) is 7.39. The Hall–Kier alpha value is -0.300. The van der Waals surface area contributed by atoms with Crippen molar-refractivity contribution in [1.82, 2.24) is 4.90 Å². The highest BCUT2D eigenvalue weighted by atomic mass is 15.1. The predicted octanol–water partition coefficient (Wildman–Crippen LogP) is 2.44. The lowest BCUT2D eigenvalue weighted by atomic mass is 10.2. The average Bonchev–Trinajstić information content (AvgIpc) is 2.50. The van der Waals surface area contributed by atoms with Gasteiger partial charge in [-0.05, 0) is 51.7 Å². The van der Waals surface area contributed by atoms with Crippen LogP contribution in [0.4, 0.5) is 0 Å². The van der Waals surface area contributed by atoms with E-state index in [1.807, 2.05) is 6.08 Å². The van der Waals surface area contributed by atoms with Crippen molar-refractivity contribution in [1.29, 1.82) is 0 Å². The first-order valence-electron chi connectivity index (χ1n) is 4.77. The SMILES string of the molecule is C=CCCCCN1CCCC1. The lowest BCUT2D eigenvalue weighted by Gasteiger charge is -2.13. The van der Waals surface area contributed by atoms with Gasteiger partial charge in [-0.3, -0.25) is 0 Å².